The Morgan fingerprint density at radius 1 is 1.21 bits per heavy atom. The van der Waals surface area contributed by atoms with Gasteiger partial charge in [0.15, 0.2) is 16.1 Å². The Kier molecular flexibility index (Phi) is 4.34. The summed E-state index contributed by atoms with van der Waals surface area (Å²) in [4.78, 5) is 11.4. The lowest BCUT2D eigenvalue weighted by Gasteiger charge is -2.00. The van der Waals surface area contributed by atoms with Gasteiger partial charge < -0.3 is 15.4 Å². The van der Waals surface area contributed by atoms with Gasteiger partial charge in [0.2, 0.25) is 0 Å². The molecule has 1 unspecified atom stereocenters. The van der Waals surface area contributed by atoms with Crippen molar-refractivity contribution in [2.45, 2.75) is 4.90 Å². The van der Waals surface area contributed by atoms with Gasteiger partial charge >= 0.3 is 0 Å². The van der Waals surface area contributed by atoms with E-state index in [-0.39, 0.29) is 16.2 Å². The average molecular weight is 362 g/mol. The molecule has 0 bridgehead atoms. The summed E-state index contributed by atoms with van der Waals surface area (Å²) < 4.78 is 24.5. The molecule has 10 heteroatoms. The second kappa shape index (κ2) is 6.43. The summed E-state index contributed by atoms with van der Waals surface area (Å²) in [6, 6.07) is 8.75. The van der Waals surface area contributed by atoms with Gasteiger partial charge in [-0.15, -0.1) is 10.2 Å². The van der Waals surface area contributed by atoms with Crippen molar-refractivity contribution in [3.8, 4) is 5.75 Å². The average Bonchev–Trinajstić information content (AvgIpc) is 2.96. The summed E-state index contributed by atoms with van der Waals surface area (Å²) in [5, 5.41) is 18.7. The van der Waals surface area contributed by atoms with Gasteiger partial charge in [0.1, 0.15) is 5.75 Å². The standard InChI is InChI=1S/C14H10N4O4S2/c15-13(20)10-5-7(1-4-12(10)19)16-17-14-9-6-8(24(21)22)2-3-11(9)18-23-14/h1-6,19H,(H2,15,20)(H,21,22). The lowest BCUT2D eigenvalue weighted by atomic mass is 10.2. The zero-order chi connectivity index (χ0) is 17.3. The highest BCUT2D eigenvalue weighted by molar-refractivity contribution is 7.79. The SMILES string of the molecule is NC(=O)c1cc(N=Nc2snc3ccc(S(=O)O)cc23)ccc1O. The molecule has 1 aromatic heterocycles. The molecule has 0 saturated carbocycles. The zero-order valence-corrected chi connectivity index (χ0v) is 13.5. The van der Waals surface area contributed by atoms with Crippen molar-refractivity contribution < 1.29 is 18.7 Å². The Hall–Kier alpha value is -2.69. The van der Waals surface area contributed by atoms with Crippen LogP contribution < -0.4 is 5.73 Å². The highest BCUT2D eigenvalue weighted by atomic mass is 32.2. The van der Waals surface area contributed by atoms with Crippen LogP contribution in [0.15, 0.2) is 51.5 Å². The Labute approximate surface area is 142 Å². The number of amides is 1. The van der Waals surface area contributed by atoms with E-state index in [1.807, 2.05) is 0 Å². The van der Waals surface area contributed by atoms with Gasteiger partial charge in [-0.05, 0) is 47.9 Å². The number of aromatic hydroxyl groups is 1. The molecule has 3 rings (SSSR count). The molecule has 8 nitrogen and oxygen atoms in total. The molecule has 0 aliphatic carbocycles. The zero-order valence-electron chi connectivity index (χ0n) is 11.9. The van der Waals surface area contributed by atoms with Crippen LogP contribution in [0.25, 0.3) is 10.9 Å². The predicted molar refractivity (Wildman–Crippen MR) is 89.5 cm³/mol. The number of hydrogen-bond donors (Lipinski definition) is 3. The van der Waals surface area contributed by atoms with Crippen LogP contribution >= 0.6 is 11.5 Å². The molecule has 0 saturated heterocycles. The van der Waals surface area contributed by atoms with E-state index in [1.54, 1.807) is 6.07 Å². The van der Waals surface area contributed by atoms with E-state index in [2.05, 4.69) is 14.6 Å². The topological polar surface area (TPSA) is 138 Å². The fourth-order valence-corrected chi connectivity index (χ4v) is 3.06. The summed E-state index contributed by atoms with van der Waals surface area (Å²) >= 11 is -1.02. The van der Waals surface area contributed by atoms with Crippen molar-refractivity contribution in [2.75, 3.05) is 0 Å². The predicted octanol–water partition coefficient (Wildman–Crippen LogP) is 3.10. The van der Waals surface area contributed by atoms with Gasteiger partial charge in [0.05, 0.1) is 21.7 Å². The van der Waals surface area contributed by atoms with Crippen molar-refractivity contribution in [3.05, 3.63) is 42.0 Å². The minimum atomic E-state index is -2.10. The highest BCUT2D eigenvalue weighted by Crippen LogP contribution is 2.33. The van der Waals surface area contributed by atoms with E-state index in [0.717, 1.165) is 11.5 Å². The molecule has 0 radical (unpaired) electrons. The third kappa shape index (κ3) is 3.15. The number of phenols is 1. The minimum Gasteiger partial charge on any atom is -0.507 e. The van der Waals surface area contributed by atoms with E-state index in [0.29, 0.717) is 21.6 Å². The third-order valence-electron chi connectivity index (χ3n) is 3.13. The normalized spacial score (nSPS) is 12.7. The van der Waals surface area contributed by atoms with E-state index in [9.17, 15) is 14.1 Å². The van der Waals surface area contributed by atoms with E-state index < -0.39 is 17.0 Å². The number of benzene rings is 2. The monoisotopic (exact) mass is 362 g/mol. The number of nitrogens with two attached hydrogens (primary N) is 1. The number of nitrogens with zero attached hydrogens (tertiary/aromatic N) is 3. The van der Waals surface area contributed by atoms with E-state index in [1.165, 1.54) is 30.3 Å². The van der Waals surface area contributed by atoms with Crippen molar-refractivity contribution in [3.63, 3.8) is 0 Å². The summed E-state index contributed by atoms with van der Waals surface area (Å²) in [7, 11) is 0. The molecule has 0 aliphatic heterocycles. The Balaban J connectivity index is 1.99. The van der Waals surface area contributed by atoms with Crippen LogP contribution in [0.2, 0.25) is 0 Å². The molecule has 3 aromatic rings. The number of primary amides is 1. The maximum atomic E-state index is 11.2. The lowest BCUT2D eigenvalue weighted by molar-refractivity contribution is 0.0998. The molecule has 0 fully saturated rings. The van der Waals surface area contributed by atoms with Crippen molar-refractivity contribution in [1.29, 1.82) is 0 Å². The number of aromatic nitrogens is 1. The Morgan fingerprint density at radius 2 is 2.00 bits per heavy atom. The van der Waals surface area contributed by atoms with Crippen LogP contribution in [-0.4, -0.2) is 24.1 Å². The molecule has 0 aliphatic rings. The van der Waals surface area contributed by atoms with Crippen LogP contribution in [0.1, 0.15) is 10.4 Å². The van der Waals surface area contributed by atoms with Gasteiger partial charge in [0, 0.05) is 5.39 Å². The second-order valence-corrected chi connectivity index (χ2v) is 6.40. The van der Waals surface area contributed by atoms with Gasteiger partial charge in [-0.2, -0.15) is 4.37 Å². The molecular formula is C14H10N4O4S2. The smallest absolute Gasteiger partial charge is 0.252 e. The maximum Gasteiger partial charge on any atom is 0.252 e. The first kappa shape index (κ1) is 16.2. The molecule has 1 amide bonds. The maximum absolute atomic E-state index is 11.2. The largest absolute Gasteiger partial charge is 0.507 e. The molecule has 0 spiro atoms. The first-order chi connectivity index (χ1) is 11.5. The van der Waals surface area contributed by atoms with Crippen LogP contribution in [-0.2, 0) is 11.1 Å². The highest BCUT2D eigenvalue weighted by Gasteiger charge is 2.10. The van der Waals surface area contributed by atoms with Gasteiger partial charge in [-0.1, -0.05) is 0 Å². The van der Waals surface area contributed by atoms with E-state index in [4.69, 9.17) is 10.3 Å². The van der Waals surface area contributed by atoms with Crippen molar-refractivity contribution in [1.82, 2.24) is 4.37 Å². The van der Waals surface area contributed by atoms with Crippen molar-refractivity contribution in [2.24, 2.45) is 16.0 Å². The first-order valence-corrected chi connectivity index (χ1v) is 8.38. The van der Waals surface area contributed by atoms with Crippen LogP contribution in [0.4, 0.5) is 10.7 Å². The fourth-order valence-electron chi connectivity index (χ4n) is 1.98. The third-order valence-corrected chi connectivity index (χ3v) is 4.55. The molecule has 24 heavy (non-hydrogen) atoms. The van der Waals surface area contributed by atoms with Gasteiger partial charge in [-0.25, -0.2) is 4.21 Å². The molecule has 4 N–H and O–H groups in total. The van der Waals surface area contributed by atoms with Crippen LogP contribution in [0.5, 0.6) is 5.75 Å². The Bertz CT molecular complexity index is 1000. The number of hydrogen-bond acceptors (Lipinski definition) is 7. The molecule has 1 atom stereocenters. The minimum absolute atomic E-state index is 0.0569. The molecule has 122 valence electrons. The fraction of sp³-hybridized carbons (Fsp3) is 0. The van der Waals surface area contributed by atoms with Gasteiger partial charge in [-0.3, -0.25) is 4.79 Å². The van der Waals surface area contributed by atoms with Crippen molar-refractivity contribution >= 4 is 50.1 Å². The first-order valence-electron chi connectivity index (χ1n) is 6.50. The summed E-state index contributed by atoms with van der Waals surface area (Å²) in [6.45, 7) is 0. The summed E-state index contributed by atoms with van der Waals surface area (Å²) in [5.41, 5.74) is 6.06. The second-order valence-electron chi connectivity index (χ2n) is 4.68. The molecule has 2 aromatic carbocycles. The molecular weight excluding hydrogens is 352 g/mol. The quantitative estimate of drug-likeness (QED) is 0.483. The van der Waals surface area contributed by atoms with Gasteiger partial charge in [0.25, 0.3) is 5.91 Å². The van der Waals surface area contributed by atoms with Crippen LogP contribution in [0, 0.1) is 0 Å². The number of fused-ring (bicyclic) bond motifs is 1. The summed E-state index contributed by atoms with van der Waals surface area (Å²) in [6.07, 6.45) is 0. The van der Waals surface area contributed by atoms with E-state index >= 15 is 0 Å². The lowest BCUT2D eigenvalue weighted by Crippen LogP contribution is -2.10. The number of carbonyl (C=O) groups excluding carboxylic acids is 1. The Morgan fingerprint density at radius 3 is 2.71 bits per heavy atom. The number of azo groups is 1. The molecule has 1 heterocycles. The summed E-state index contributed by atoms with van der Waals surface area (Å²) in [5.74, 6) is -1.01. The number of rotatable bonds is 4. The van der Waals surface area contributed by atoms with Crippen LogP contribution in [0.3, 0.4) is 0 Å². The number of carbonyl (C=O) groups is 1.